The minimum absolute atomic E-state index is 0. The summed E-state index contributed by atoms with van der Waals surface area (Å²) in [6.07, 6.45) is -10.5. The van der Waals surface area contributed by atoms with Crippen LogP contribution in [0.1, 0.15) is 0 Å². The summed E-state index contributed by atoms with van der Waals surface area (Å²) in [5.41, 5.74) is 0.477. The van der Waals surface area contributed by atoms with E-state index in [0.717, 1.165) is 0 Å². The predicted molar refractivity (Wildman–Crippen MR) is 100 cm³/mol. The molecule has 158 valence electrons. The molecule has 0 spiro atoms. The highest BCUT2D eigenvalue weighted by Gasteiger charge is 2.50. The maximum Gasteiger partial charge on any atom is 0.320 e. The molecule has 3 unspecified atom stereocenters. The first-order valence-corrected chi connectivity index (χ1v) is 10.2. The van der Waals surface area contributed by atoms with Crippen LogP contribution in [0.3, 0.4) is 0 Å². The van der Waals surface area contributed by atoms with E-state index in [4.69, 9.17) is 16.1 Å². The van der Waals surface area contributed by atoms with Gasteiger partial charge in [-0.3, -0.25) is 4.57 Å². The second kappa shape index (κ2) is 8.54. The summed E-state index contributed by atoms with van der Waals surface area (Å²) in [4.78, 5) is 15.0. The average Bonchev–Trinajstić information content (AvgIpc) is 3.01. The van der Waals surface area contributed by atoms with Crippen LogP contribution in [0.25, 0.3) is 10.9 Å². The number of quaternary nitrogens is 1. The van der Waals surface area contributed by atoms with Crippen molar-refractivity contribution in [2.75, 3.05) is 0 Å². The number of rotatable bonds is 4. The molecule has 3 rings (SSSR count). The molecule has 7 atom stereocenters. The molecule has 0 radical (unpaired) electrons. The van der Waals surface area contributed by atoms with Crippen LogP contribution in [-0.2, 0) is 9.09 Å². The predicted octanol–water partition coefficient (Wildman–Crippen LogP) is 0.0105. The molecule has 14 heteroatoms. The number of hydrogen-bond donors (Lipinski definition) is 7. The molecule has 1 aliphatic carbocycles. The number of aromatic nitrogens is 1. The fourth-order valence-electron chi connectivity index (χ4n) is 2.81. The Hall–Kier alpha value is -0.760. The van der Waals surface area contributed by atoms with E-state index in [-0.39, 0.29) is 22.3 Å². The normalized spacial score (nSPS) is 32.6. The third kappa shape index (κ3) is 4.23. The molecule has 2 aromatic rings. The van der Waals surface area contributed by atoms with Gasteiger partial charge in [-0.25, -0.2) is 0 Å². The van der Waals surface area contributed by atoms with E-state index in [1.165, 1.54) is 6.20 Å². The van der Waals surface area contributed by atoms with Crippen molar-refractivity contribution in [3.8, 4) is 5.75 Å². The second-order valence-corrected chi connectivity index (χ2v) is 8.52. The van der Waals surface area contributed by atoms with E-state index < -0.39 is 44.4 Å². The number of benzene rings is 1. The monoisotopic (exact) mass is 504 g/mol. The Bertz CT molecular complexity index is 883. The fourth-order valence-corrected chi connectivity index (χ4v) is 4.38. The fraction of sp³-hybridized carbons (Fsp3) is 0.429. The molecule has 1 aromatic carbocycles. The van der Waals surface area contributed by atoms with Gasteiger partial charge in [0.25, 0.3) is 0 Å². The van der Waals surface area contributed by atoms with Crippen LogP contribution in [0.5, 0.6) is 5.75 Å². The highest BCUT2D eigenvalue weighted by atomic mass is 79.9. The molecule has 1 heterocycles. The van der Waals surface area contributed by atoms with E-state index in [1.807, 2.05) is 0 Å². The Morgan fingerprint density at radius 1 is 1.07 bits per heavy atom. The Morgan fingerprint density at radius 3 is 2.18 bits per heavy atom. The molecule has 28 heavy (non-hydrogen) atoms. The van der Waals surface area contributed by atoms with Gasteiger partial charge in [-0.05, 0) is 28.1 Å². The third-order valence-corrected chi connectivity index (χ3v) is 6.44. The molecule has 0 saturated heterocycles. The van der Waals surface area contributed by atoms with Crippen molar-refractivity contribution in [1.29, 1.82) is 0 Å². The number of aliphatic hydroxyl groups excluding tert-OH is 5. The maximum absolute atomic E-state index is 12.3. The van der Waals surface area contributed by atoms with Gasteiger partial charge in [0.2, 0.25) is 0 Å². The van der Waals surface area contributed by atoms with Crippen LogP contribution >= 0.6 is 35.4 Å². The average molecular weight is 506 g/mol. The SMILES string of the molecule is O=P([O-])(Oc1c[nH]c2ccc(Br)c(Cl)c12)OC1[C@@H](O)[C@H](O)C(O)[C@H](O)[C@H]1O.[NH4+]. The largest absolute Gasteiger partial charge is 0.746 e. The molecule has 10 N–H and O–H groups in total. The lowest BCUT2D eigenvalue weighted by atomic mass is 9.85. The molecular weight excluding hydrogens is 486 g/mol. The number of aromatic amines is 1. The van der Waals surface area contributed by atoms with Crippen LogP contribution in [0.2, 0.25) is 5.02 Å². The Balaban J connectivity index is 0.00000280. The molecule has 1 saturated carbocycles. The minimum Gasteiger partial charge on any atom is -0.746 e. The third-order valence-electron chi connectivity index (χ3n) is 4.23. The van der Waals surface area contributed by atoms with Crippen molar-refractivity contribution in [1.82, 2.24) is 11.1 Å². The highest BCUT2D eigenvalue weighted by Crippen LogP contribution is 2.47. The van der Waals surface area contributed by atoms with Crippen molar-refractivity contribution in [3.05, 3.63) is 27.8 Å². The van der Waals surface area contributed by atoms with E-state index in [1.54, 1.807) is 12.1 Å². The van der Waals surface area contributed by atoms with Crippen molar-refractivity contribution in [3.63, 3.8) is 0 Å². The van der Waals surface area contributed by atoms with Crippen molar-refractivity contribution in [2.45, 2.75) is 36.6 Å². The summed E-state index contributed by atoms with van der Waals surface area (Å²) in [7, 11) is -5.20. The van der Waals surface area contributed by atoms with E-state index in [0.29, 0.717) is 9.99 Å². The van der Waals surface area contributed by atoms with Crippen LogP contribution < -0.4 is 15.6 Å². The van der Waals surface area contributed by atoms with Gasteiger partial charge in [-0.15, -0.1) is 0 Å². The first-order valence-electron chi connectivity index (χ1n) is 7.58. The first-order chi connectivity index (χ1) is 12.5. The zero-order chi connectivity index (χ0) is 20.1. The topological polar surface area (TPSA) is 212 Å². The minimum atomic E-state index is -5.20. The number of phosphoric ester groups is 1. The summed E-state index contributed by atoms with van der Waals surface area (Å²) in [5.74, 6) is -0.199. The van der Waals surface area contributed by atoms with Crippen molar-refractivity contribution in [2.24, 2.45) is 0 Å². The number of H-pyrrole nitrogens is 1. The lowest BCUT2D eigenvalue weighted by Crippen LogP contribution is -2.64. The van der Waals surface area contributed by atoms with Gasteiger partial charge < -0.3 is 50.6 Å². The molecule has 0 amide bonds. The first kappa shape index (κ1) is 23.5. The van der Waals surface area contributed by atoms with Crippen molar-refractivity contribution >= 4 is 46.3 Å². The number of fused-ring (bicyclic) bond motifs is 1. The van der Waals surface area contributed by atoms with Gasteiger partial charge in [0, 0.05) is 10.7 Å². The zero-order valence-electron chi connectivity index (χ0n) is 14.3. The van der Waals surface area contributed by atoms with Gasteiger partial charge >= 0.3 is 7.82 Å². The molecule has 1 fully saturated rings. The van der Waals surface area contributed by atoms with Crippen LogP contribution in [0.15, 0.2) is 22.8 Å². The summed E-state index contributed by atoms with van der Waals surface area (Å²) in [5, 5.41) is 49.0. The van der Waals surface area contributed by atoms with Crippen LogP contribution in [0.4, 0.5) is 0 Å². The summed E-state index contributed by atoms with van der Waals surface area (Å²) in [6, 6.07) is 3.26. The Morgan fingerprint density at radius 2 is 1.61 bits per heavy atom. The Kier molecular flexibility index (Phi) is 7.17. The number of phosphoric acid groups is 1. The van der Waals surface area contributed by atoms with Gasteiger partial charge in [0.15, 0.2) is 5.75 Å². The summed E-state index contributed by atoms with van der Waals surface area (Å²) < 4.78 is 22.3. The number of aliphatic hydroxyl groups is 5. The number of hydrogen-bond acceptors (Lipinski definition) is 9. The number of halogens is 2. The lowest BCUT2D eigenvalue weighted by molar-refractivity contribution is -0.255. The lowest BCUT2D eigenvalue weighted by Gasteiger charge is -2.43. The van der Waals surface area contributed by atoms with Crippen molar-refractivity contribution < 1.29 is 44.0 Å². The summed E-state index contributed by atoms with van der Waals surface area (Å²) in [6.45, 7) is 0. The smallest absolute Gasteiger partial charge is 0.320 e. The number of nitrogens with one attached hydrogen (secondary N) is 1. The van der Waals surface area contributed by atoms with E-state index in [2.05, 4.69) is 25.4 Å². The standard InChI is InChI=1S/C14H16BrClNO9P.H3N/c15-4-1-2-5-7(8(4)16)6(3-17-5)25-27(23,24)26-14-12(21)10(19)9(18)11(20)13(14)22;/h1-3,9-14,17-22H,(H,23,24);1H3/t9?,10-,11+,12+,13-,14?;. The van der Waals surface area contributed by atoms with Gasteiger partial charge in [0.1, 0.15) is 36.6 Å². The molecular formula is C14H19BrClN2O9P. The van der Waals surface area contributed by atoms with E-state index in [9.17, 15) is 35.0 Å². The second-order valence-electron chi connectivity index (χ2n) is 6.00. The molecule has 1 aromatic heterocycles. The maximum atomic E-state index is 12.3. The van der Waals surface area contributed by atoms with Crippen LogP contribution in [0, 0.1) is 0 Å². The van der Waals surface area contributed by atoms with Gasteiger partial charge in [-0.1, -0.05) is 11.6 Å². The van der Waals surface area contributed by atoms with Gasteiger partial charge in [-0.2, -0.15) is 0 Å². The Labute approximate surface area is 171 Å². The molecule has 0 aliphatic heterocycles. The molecule has 0 bridgehead atoms. The molecule has 11 nitrogen and oxygen atoms in total. The molecule has 1 aliphatic rings. The highest BCUT2D eigenvalue weighted by molar-refractivity contribution is 9.10. The van der Waals surface area contributed by atoms with E-state index >= 15 is 0 Å². The van der Waals surface area contributed by atoms with Gasteiger partial charge in [0.05, 0.1) is 15.9 Å². The quantitative estimate of drug-likeness (QED) is 0.278. The summed E-state index contributed by atoms with van der Waals surface area (Å²) >= 11 is 9.34. The van der Waals surface area contributed by atoms with Crippen LogP contribution in [-0.4, -0.2) is 67.1 Å². The zero-order valence-corrected chi connectivity index (χ0v) is 17.5.